The number of alkyl halides is 1. The first-order valence-corrected chi connectivity index (χ1v) is 7.19. The second-order valence-electron chi connectivity index (χ2n) is 3.95. The molecule has 2 rings (SSSR count). The van der Waals surface area contributed by atoms with Crippen LogP contribution in [-0.4, -0.2) is 0 Å². The molecule has 19 heavy (non-hydrogen) atoms. The molecule has 2 aromatic carbocycles. The van der Waals surface area contributed by atoms with E-state index in [0.717, 1.165) is 22.2 Å². The fraction of sp³-hybridized carbons (Fsp3) is 0.133. The van der Waals surface area contributed by atoms with Gasteiger partial charge in [0.05, 0.1) is 11.6 Å². The zero-order valence-electron chi connectivity index (χ0n) is 10.1. The summed E-state index contributed by atoms with van der Waals surface area (Å²) in [6.07, 6.45) is 0. The minimum Gasteiger partial charge on any atom is -0.489 e. The summed E-state index contributed by atoms with van der Waals surface area (Å²) in [6.45, 7) is 0.383. The van der Waals surface area contributed by atoms with Gasteiger partial charge in [-0.2, -0.15) is 5.26 Å². The number of para-hydroxylation sites is 1. The molecule has 0 aliphatic rings. The fourth-order valence-electron chi connectivity index (χ4n) is 1.64. The maximum Gasteiger partial charge on any atom is 0.123 e. The van der Waals surface area contributed by atoms with E-state index in [-0.39, 0.29) is 0 Å². The Hall–Kier alpha value is -1.50. The van der Waals surface area contributed by atoms with Gasteiger partial charge >= 0.3 is 0 Å². The van der Waals surface area contributed by atoms with Gasteiger partial charge in [-0.1, -0.05) is 51.8 Å². The molecule has 0 amide bonds. The molecule has 0 heterocycles. The summed E-state index contributed by atoms with van der Waals surface area (Å²) in [5.74, 6) is 0.833. The fourth-order valence-corrected chi connectivity index (χ4v) is 2.34. The van der Waals surface area contributed by atoms with Crippen molar-refractivity contribution in [3.8, 4) is 11.8 Å². The predicted octanol–water partition coefficient (Wildman–Crippen LogP) is 4.69. The predicted molar refractivity (Wildman–Crippen MR) is 79.6 cm³/mol. The molecule has 0 N–H and O–H groups in total. The van der Waals surface area contributed by atoms with Crippen molar-refractivity contribution in [3.63, 3.8) is 0 Å². The lowest BCUT2D eigenvalue weighted by Crippen LogP contribution is -1.98. The second kappa shape index (κ2) is 6.60. The summed E-state index contributed by atoms with van der Waals surface area (Å²) < 4.78 is 5.77. The Morgan fingerprint density at radius 2 is 1.95 bits per heavy atom. The first-order valence-electron chi connectivity index (χ1n) is 5.70. The standard InChI is InChI=1S/C15H11BrClNO/c16-8-12-3-1-2-4-15(12)19-10-13-6-5-11(9-18)7-14(13)17/h1-7H,8,10H2. The van der Waals surface area contributed by atoms with Crippen LogP contribution in [0.15, 0.2) is 42.5 Å². The van der Waals surface area contributed by atoms with Gasteiger partial charge < -0.3 is 4.74 Å². The smallest absolute Gasteiger partial charge is 0.123 e. The minimum atomic E-state index is 0.383. The molecule has 2 aromatic rings. The lowest BCUT2D eigenvalue weighted by atomic mass is 10.1. The average molecular weight is 337 g/mol. The number of nitriles is 1. The maximum absolute atomic E-state index is 8.78. The van der Waals surface area contributed by atoms with Crippen molar-refractivity contribution in [1.29, 1.82) is 5.26 Å². The topological polar surface area (TPSA) is 33.0 Å². The van der Waals surface area contributed by atoms with E-state index in [2.05, 4.69) is 22.0 Å². The molecule has 0 saturated heterocycles. The molecule has 0 aliphatic heterocycles. The molecule has 0 unspecified atom stereocenters. The van der Waals surface area contributed by atoms with Gasteiger partial charge in [-0.15, -0.1) is 0 Å². The van der Waals surface area contributed by atoms with Crippen LogP contribution in [0, 0.1) is 11.3 Å². The summed E-state index contributed by atoms with van der Waals surface area (Å²) in [7, 11) is 0. The summed E-state index contributed by atoms with van der Waals surface area (Å²) in [5.41, 5.74) is 2.51. The largest absolute Gasteiger partial charge is 0.489 e. The van der Waals surface area contributed by atoms with Crippen LogP contribution in [0.5, 0.6) is 5.75 Å². The number of nitrogens with zero attached hydrogens (tertiary/aromatic N) is 1. The Bertz CT molecular complexity index is 622. The Morgan fingerprint density at radius 1 is 1.16 bits per heavy atom. The van der Waals surface area contributed by atoms with E-state index in [9.17, 15) is 0 Å². The van der Waals surface area contributed by atoms with Crippen molar-refractivity contribution in [2.24, 2.45) is 0 Å². The number of ether oxygens (including phenoxy) is 1. The first kappa shape index (κ1) is 13.9. The highest BCUT2D eigenvalue weighted by Gasteiger charge is 2.05. The van der Waals surface area contributed by atoms with Gasteiger partial charge in [0.25, 0.3) is 0 Å². The van der Waals surface area contributed by atoms with E-state index >= 15 is 0 Å². The molecule has 4 heteroatoms. The van der Waals surface area contributed by atoms with Crippen LogP contribution in [0.1, 0.15) is 16.7 Å². The zero-order chi connectivity index (χ0) is 13.7. The van der Waals surface area contributed by atoms with E-state index in [0.29, 0.717) is 17.2 Å². The Balaban J connectivity index is 2.13. The molecule has 0 fully saturated rings. The molecule has 0 radical (unpaired) electrons. The molecule has 0 aromatic heterocycles. The molecule has 0 aliphatic carbocycles. The van der Waals surface area contributed by atoms with Crippen molar-refractivity contribution in [3.05, 3.63) is 64.2 Å². The van der Waals surface area contributed by atoms with Crippen LogP contribution in [0.2, 0.25) is 5.02 Å². The third kappa shape index (κ3) is 3.50. The van der Waals surface area contributed by atoms with Crippen molar-refractivity contribution in [1.82, 2.24) is 0 Å². The van der Waals surface area contributed by atoms with Gasteiger partial charge in [0.2, 0.25) is 0 Å². The highest BCUT2D eigenvalue weighted by atomic mass is 79.9. The number of benzene rings is 2. The summed E-state index contributed by atoms with van der Waals surface area (Å²) in [6, 6.07) is 15.1. The normalized spacial score (nSPS) is 9.95. The number of hydrogen-bond donors (Lipinski definition) is 0. The lowest BCUT2D eigenvalue weighted by Gasteiger charge is -2.11. The molecular weight excluding hydrogens is 326 g/mol. The van der Waals surface area contributed by atoms with E-state index in [1.54, 1.807) is 12.1 Å². The van der Waals surface area contributed by atoms with Crippen LogP contribution in [0.25, 0.3) is 0 Å². The minimum absolute atomic E-state index is 0.383. The third-order valence-electron chi connectivity index (χ3n) is 2.68. The lowest BCUT2D eigenvalue weighted by molar-refractivity contribution is 0.304. The van der Waals surface area contributed by atoms with Crippen LogP contribution in [0.3, 0.4) is 0 Å². The zero-order valence-corrected chi connectivity index (χ0v) is 12.4. The van der Waals surface area contributed by atoms with Crippen LogP contribution < -0.4 is 4.74 Å². The van der Waals surface area contributed by atoms with Gasteiger partial charge in [-0.05, 0) is 18.2 Å². The maximum atomic E-state index is 8.78. The number of halogens is 2. The quantitative estimate of drug-likeness (QED) is 0.759. The monoisotopic (exact) mass is 335 g/mol. The van der Waals surface area contributed by atoms with Crippen molar-refractivity contribution in [2.75, 3.05) is 0 Å². The van der Waals surface area contributed by atoms with Gasteiger partial charge in [0, 0.05) is 21.5 Å². The van der Waals surface area contributed by atoms with Crippen LogP contribution in [-0.2, 0) is 11.9 Å². The van der Waals surface area contributed by atoms with Crippen LogP contribution in [0.4, 0.5) is 0 Å². The Morgan fingerprint density at radius 3 is 2.63 bits per heavy atom. The highest BCUT2D eigenvalue weighted by molar-refractivity contribution is 9.08. The summed E-state index contributed by atoms with van der Waals surface area (Å²) in [5, 5.41) is 10.1. The molecule has 96 valence electrons. The van der Waals surface area contributed by atoms with Crippen molar-refractivity contribution in [2.45, 2.75) is 11.9 Å². The molecule has 2 nitrogen and oxygen atoms in total. The second-order valence-corrected chi connectivity index (χ2v) is 4.92. The summed E-state index contributed by atoms with van der Waals surface area (Å²) in [4.78, 5) is 0. The van der Waals surface area contributed by atoms with E-state index in [1.165, 1.54) is 0 Å². The van der Waals surface area contributed by atoms with Crippen molar-refractivity contribution >= 4 is 27.5 Å². The third-order valence-corrected chi connectivity index (χ3v) is 3.64. The van der Waals surface area contributed by atoms with E-state index in [1.807, 2.05) is 30.3 Å². The van der Waals surface area contributed by atoms with Crippen LogP contribution >= 0.6 is 27.5 Å². The number of hydrogen-bond acceptors (Lipinski definition) is 2. The summed E-state index contributed by atoms with van der Waals surface area (Å²) >= 11 is 9.53. The van der Waals surface area contributed by atoms with E-state index in [4.69, 9.17) is 21.6 Å². The van der Waals surface area contributed by atoms with Gasteiger partial charge in [-0.3, -0.25) is 0 Å². The van der Waals surface area contributed by atoms with E-state index < -0.39 is 0 Å². The van der Waals surface area contributed by atoms with Gasteiger partial charge in [0.15, 0.2) is 0 Å². The first-order chi connectivity index (χ1) is 9.24. The molecule has 0 bridgehead atoms. The molecule has 0 spiro atoms. The Kier molecular flexibility index (Phi) is 4.84. The molecular formula is C15H11BrClNO. The van der Waals surface area contributed by atoms with Crippen molar-refractivity contribution < 1.29 is 4.74 Å². The number of rotatable bonds is 4. The SMILES string of the molecule is N#Cc1ccc(COc2ccccc2CBr)c(Cl)c1. The van der Waals surface area contributed by atoms with Gasteiger partial charge in [-0.25, -0.2) is 0 Å². The van der Waals surface area contributed by atoms with Gasteiger partial charge in [0.1, 0.15) is 12.4 Å². The highest BCUT2D eigenvalue weighted by Crippen LogP contribution is 2.24. The molecule has 0 atom stereocenters. The molecule has 0 saturated carbocycles. The average Bonchev–Trinajstić information content (AvgIpc) is 2.46. The Labute approximate surface area is 125 Å².